The monoisotopic (exact) mass is 504 g/mol. The van der Waals surface area contributed by atoms with Gasteiger partial charge in [0.2, 0.25) is 0 Å². The Morgan fingerprint density at radius 3 is 1.43 bits per heavy atom. The summed E-state index contributed by atoms with van der Waals surface area (Å²) >= 11 is 0. The first-order chi connectivity index (χ1) is 16.3. The van der Waals surface area contributed by atoms with Crippen LogP contribution in [-0.2, 0) is 17.6 Å². The molecule has 0 spiro atoms. The van der Waals surface area contributed by atoms with Crippen molar-refractivity contribution in [3.63, 3.8) is 0 Å². The maximum atomic E-state index is 14.8. The molecule has 4 rings (SSSR count). The van der Waals surface area contributed by atoms with Gasteiger partial charge in [-0.3, -0.25) is 4.79 Å². The van der Waals surface area contributed by atoms with E-state index in [-0.39, 0.29) is 52.5 Å². The molecule has 2 aliphatic heterocycles. The van der Waals surface area contributed by atoms with E-state index in [1.165, 1.54) is 12.1 Å². The molecule has 2 atom stereocenters. The summed E-state index contributed by atoms with van der Waals surface area (Å²) < 4.78 is 29.5. The largest absolute Gasteiger partial charge is 0.317 e. The number of ketones is 1. The lowest BCUT2D eigenvalue weighted by Crippen LogP contribution is -2.50. The van der Waals surface area contributed by atoms with E-state index in [2.05, 4.69) is 24.5 Å². The Kier molecular flexibility index (Phi) is 9.47. The van der Waals surface area contributed by atoms with Gasteiger partial charge in [-0.1, -0.05) is 50.2 Å². The Hall–Kier alpha value is -1.82. The highest BCUT2D eigenvalue weighted by Gasteiger charge is 2.47. The van der Waals surface area contributed by atoms with Gasteiger partial charge in [-0.2, -0.15) is 0 Å². The van der Waals surface area contributed by atoms with Crippen LogP contribution in [0.5, 0.6) is 0 Å². The second kappa shape index (κ2) is 11.9. The summed E-state index contributed by atoms with van der Waals surface area (Å²) in [5.74, 6) is -0.946. The van der Waals surface area contributed by atoms with E-state index in [1.807, 2.05) is 12.1 Å². The van der Waals surface area contributed by atoms with Crippen LogP contribution in [0.2, 0.25) is 0 Å². The molecule has 2 aromatic carbocycles. The van der Waals surface area contributed by atoms with Gasteiger partial charge >= 0.3 is 0 Å². The number of halogens is 3. The van der Waals surface area contributed by atoms with Crippen LogP contribution in [0.15, 0.2) is 48.5 Å². The fourth-order valence-corrected chi connectivity index (χ4v) is 6.08. The maximum Gasteiger partial charge on any atom is 0.140 e. The van der Waals surface area contributed by atoms with Crippen LogP contribution in [0.1, 0.15) is 50.7 Å². The molecule has 2 aromatic rings. The molecule has 2 saturated heterocycles. The summed E-state index contributed by atoms with van der Waals surface area (Å²) in [5.41, 5.74) is 0.754. The Bertz CT molecular complexity index is 909. The van der Waals surface area contributed by atoms with Gasteiger partial charge in [0.1, 0.15) is 17.4 Å². The lowest BCUT2D eigenvalue weighted by molar-refractivity contribution is -0.136. The molecule has 3 nitrogen and oxygen atoms in total. The molecule has 35 heavy (non-hydrogen) atoms. The van der Waals surface area contributed by atoms with Crippen LogP contribution in [0.4, 0.5) is 8.78 Å². The summed E-state index contributed by atoms with van der Waals surface area (Å²) in [6.45, 7) is 7.82. The lowest BCUT2D eigenvalue weighted by Gasteiger charge is -2.46. The first-order valence-corrected chi connectivity index (χ1v) is 12.7. The summed E-state index contributed by atoms with van der Waals surface area (Å²) in [6.07, 6.45) is 4.30. The van der Waals surface area contributed by atoms with E-state index < -0.39 is 0 Å². The van der Waals surface area contributed by atoms with E-state index in [0.29, 0.717) is 24.0 Å². The van der Waals surface area contributed by atoms with Crippen molar-refractivity contribution in [2.45, 2.75) is 52.4 Å². The van der Waals surface area contributed by atoms with E-state index in [4.69, 9.17) is 0 Å². The number of carbonyl (C=O) groups excluding carboxylic acids is 1. The van der Waals surface area contributed by atoms with E-state index in [0.717, 1.165) is 51.9 Å². The van der Waals surface area contributed by atoms with Gasteiger partial charge in [-0.15, -0.1) is 12.4 Å². The molecular weight excluding hydrogens is 466 g/mol. The normalized spacial score (nSPS) is 20.9. The Morgan fingerprint density at radius 1 is 0.743 bits per heavy atom. The predicted molar refractivity (Wildman–Crippen MR) is 140 cm³/mol. The minimum absolute atomic E-state index is 0. The van der Waals surface area contributed by atoms with Crippen molar-refractivity contribution in [1.82, 2.24) is 10.6 Å². The molecule has 0 aliphatic carbocycles. The van der Waals surface area contributed by atoms with E-state index in [1.54, 1.807) is 24.3 Å². The summed E-state index contributed by atoms with van der Waals surface area (Å²) in [5, 5.41) is 6.83. The second-order valence-corrected chi connectivity index (χ2v) is 10.9. The number of nitrogens with one attached hydrogen (secondary N) is 2. The van der Waals surface area contributed by atoms with Crippen molar-refractivity contribution >= 4 is 18.2 Å². The van der Waals surface area contributed by atoms with Crippen LogP contribution < -0.4 is 10.6 Å². The molecular formula is C29H39ClF2N2O. The SMILES string of the molecule is CC1(C(Cc2ccccc2F)C(=O)C(Cc2ccccc2F)C2(C)CCNCC2)CCNCC1.Cl. The molecule has 192 valence electrons. The van der Waals surface area contributed by atoms with Gasteiger partial charge in [0, 0.05) is 11.8 Å². The van der Waals surface area contributed by atoms with Gasteiger partial charge < -0.3 is 10.6 Å². The average molecular weight is 505 g/mol. The third-order valence-electron chi connectivity index (χ3n) is 8.62. The highest BCUT2D eigenvalue weighted by atomic mass is 35.5. The van der Waals surface area contributed by atoms with E-state index >= 15 is 0 Å². The van der Waals surface area contributed by atoms with Crippen LogP contribution >= 0.6 is 12.4 Å². The van der Waals surface area contributed by atoms with Gasteiger partial charge in [0.25, 0.3) is 0 Å². The van der Waals surface area contributed by atoms with Crippen molar-refractivity contribution in [3.05, 3.63) is 71.3 Å². The Balaban J connectivity index is 0.00000342. The Labute approximate surface area is 214 Å². The van der Waals surface area contributed by atoms with Crippen molar-refractivity contribution in [1.29, 1.82) is 0 Å². The Morgan fingerprint density at radius 2 is 1.09 bits per heavy atom. The highest BCUT2D eigenvalue weighted by Crippen LogP contribution is 2.46. The molecule has 0 amide bonds. The fourth-order valence-electron chi connectivity index (χ4n) is 6.08. The van der Waals surface area contributed by atoms with Crippen LogP contribution in [-0.4, -0.2) is 32.0 Å². The van der Waals surface area contributed by atoms with Gasteiger partial charge in [-0.05, 0) is 98.8 Å². The summed E-state index contributed by atoms with van der Waals surface area (Å²) in [4.78, 5) is 14.6. The summed E-state index contributed by atoms with van der Waals surface area (Å²) in [6, 6.07) is 13.6. The molecule has 2 heterocycles. The van der Waals surface area contributed by atoms with E-state index in [9.17, 15) is 13.6 Å². The maximum absolute atomic E-state index is 14.8. The molecule has 2 fully saturated rings. The third-order valence-corrected chi connectivity index (χ3v) is 8.62. The van der Waals surface area contributed by atoms with Crippen molar-refractivity contribution in [3.8, 4) is 0 Å². The third kappa shape index (κ3) is 6.31. The van der Waals surface area contributed by atoms with Crippen LogP contribution in [0.25, 0.3) is 0 Å². The van der Waals surface area contributed by atoms with Crippen molar-refractivity contribution in [2.24, 2.45) is 22.7 Å². The number of carbonyl (C=O) groups is 1. The molecule has 2 unspecified atom stereocenters. The van der Waals surface area contributed by atoms with Gasteiger partial charge in [0.15, 0.2) is 0 Å². The van der Waals surface area contributed by atoms with Gasteiger partial charge in [-0.25, -0.2) is 8.78 Å². The lowest BCUT2D eigenvalue weighted by atomic mass is 9.59. The fraction of sp³-hybridized carbons (Fsp3) is 0.552. The molecule has 0 aromatic heterocycles. The minimum Gasteiger partial charge on any atom is -0.317 e. The van der Waals surface area contributed by atoms with Crippen LogP contribution in [0.3, 0.4) is 0 Å². The first-order valence-electron chi connectivity index (χ1n) is 12.7. The van der Waals surface area contributed by atoms with Gasteiger partial charge in [0.05, 0.1) is 0 Å². The number of piperidine rings is 2. The highest BCUT2D eigenvalue weighted by molar-refractivity contribution is 5.86. The van der Waals surface area contributed by atoms with Crippen molar-refractivity contribution in [2.75, 3.05) is 26.2 Å². The first kappa shape index (κ1) is 27.8. The molecule has 2 aliphatic rings. The summed E-state index contributed by atoms with van der Waals surface area (Å²) in [7, 11) is 0. The number of rotatable bonds is 8. The molecule has 0 bridgehead atoms. The number of benzene rings is 2. The zero-order valence-electron chi connectivity index (χ0n) is 20.9. The predicted octanol–water partition coefficient (Wildman–Crippen LogP) is 5.75. The zero-order chi connectivity index (χ0) is 24.2. The molecule has 2 N–H and O–H groups in total. The topological polar surface area (TPSA) is 41.1 Å². The molecule has 0 radical (unpaired) electrons. The van der Waals surface area contributed by atoms with Crippen molar-refractivity contribution < 1.29 is 13.6 Å². The second-order valence-electron chi connectivity index (χ2n) is 10.9. The zero-order valence-corrected chi connectivity index (χ0v) is 21.7. The average Bonchev–Trinajstić information content (AvgIpc) is 2.83. The molecule has 0 saturated carbocycles. The quantitative estimate of drug-likeness (QED) is 0.480. The number of Topliss-reactive ketones (excluding diaryl/α,β-unsaturated/α-hetero) is 1. The number of hydrogen-bond acceptors (Lipinski definition) is 3. The molecule has 6 heteroatoms. The standard InChI is InChI=1S/C29H38F2N2O.ClH/c1-28(11-15-32-16-12-28)23(19-21-7-3-5-9-25(21)30)27(34)24(29(2)13-17-33-18-14-29)20-22-8-4-6-10-26(22)31;/h3-10,23-24,32-33H,11-20H2,1-2H3;1H. The van der Waals surface area contributed by atoms with Crippen LogP contribution in [0, 0.1) is 34.3 Å². The number of hydrogen-bond donors (Lipinski definition) is 2. The minimum atomic E-state index is -0.310. The smallest absolute Gasteiger partial charge is 0.140 e.